The van der Waals surface area contributed by atoms with Crippen LogP contribution in [0.3, 0.4) is 0 Å². The van der Waals surface area contributed by atoms with Crippen LogP contribution in [-0.2, 0) is 0 Å². The van der Waals surface area contributed by atoms with E-state index in [0.717, 1.165) is 5.56 Å². The zero-order valence-electron chi connectivity index (χ0n) is 7.09. The molecule has 1 aromatic rings. The molecule has 13 heavy (non-hydrogen) atoms. The van der Waals surface area contributed by atoms with Crippen LogP contribution in [0, 0.1) is 0 Å². The molecular formula is C9H9Cl2NO. The Morgan fingerprint density at radius 1 is 1.46 bits per heavy atom. The Labute approximate surface area is 86.8 Å². The molecule has 70 valence electrons. The van der Waals surface area contributed by atoms with Gasteiger partial charge in [-0.05, 0) is 18.6 Å². The average molecular weight is 218 g/mol. The number of hydrogen-bond donors (Lipinski definition) is 1. The van der Waals surface area contributed by atoms with E-state index in [1.54, 1.807) is 18.2 Å². The minimum absolute atomic E-state index is 0.502. The van der Waals surface area contributed by atoms with Gasteiger partial charge < -0.3 is 5.21 Å². The van der Waals surface area contributed by atoms with Crippen molar-refractivity contribution in [2.75, 3.05) is 0 Å². The van der Waals surface area contributed by atoms with Crippen LogP contribution in [0.4, 0.5) is 0 Å². The minimum Gasteiger partial charge on any atom is -0.411 e. The van der Waals surface area contributed by atoms with E-state index in [4.69, 9.17) is 28.4 Å². The van der Waals surface area contributed by atoms with Crippen molar-refractivity contribution >= 4 is 28.9 Å². The van der Waals surface area contributed by atoms with Crippen molar-refractivity contribution in [2.45, 2.75) is 13.3 Å². The molecule has 0 unspecified atom stereocenters. The molecule has 0 spiro atoms. The average Bonchev–Trinajstić information content (AvgIpc) is 2.10. The van der Waals surface area contributed by atoms with Crippen molar-refractivity contribution in [1.82, 2.24) is 0 Å². The molecule has 0 fully saturated rings. The Balaban J connectivity index is 3.15. The fraction of sp³-hybridized carbons (Fsp3) is 0.222. The van der Waals surface area contributed by atoms with Crippen LogP contribution in [-0.4, -0.2) is 10.9 Å². The van der Waals surface area contributed by atoms with Gasteiger partial charge in [-0.1, -0.05) is 41.3 Å². The molecule has 2 nitrogen and oxygen atoms in total. The summed E-state index contributed by atoms with van der Waals surface area (Å²) in [5.41, 5.74) is 1.28. The fourth-order valence-electron chi connectivity index (χ4n) is 1.04. The first-order valence-corrected chi connectivity index (χ1v) is 4.61. The van der Waals surface area contributed by atoms with E-state index in [-0.39, 0.29) is 0 Å². The summed E-state index contributed by atoms with van der Waals surface area (Å²) in [4.78, 5) is 0. The highest BCUT2D eigenvalue weighted by Crippen LogP contribution is 2.22. The molecule has 1 N–H and O–H groups in total. The maximum Gasteiger partial charge on any atom is 0.0880 e. The highest BCUT2D eigenvalue weighted by Gasteiger charge is 2.06. The van der Waals surface area contributed by atoms with Crippen molar-refractivity contribution < 1.29 is 5.21 Å². The van der Waals surface area contributed by atoms with Crippen molar-refractivity contribution in [3.8, 4) is 0 Å². The number of hydrogen-bond acceptors (Lipinski definition) is 2. The molecule has 0 aromatic heterocycles. The standard InChI is InChI=1S/C9H9Cl2NO/c1-2-9(12-13)7-4-3-6(10)5-8(7)11/h3-5,13H,2H2,1H3/b12-9+. The molecule has 4 heteroatoms. The maximum atomic E-state index is 8.67. The number of halogens is 2. The van der Waals surface area contributed by atoms with Gasteiger partial charge in [-0.15, -0.1) is 0 Å². The molecule has 0 aliphatic heterocycles. The van der Waals surface area contributed by atoms with Gasteiger partial charge in [-0.25, -0.2) is 0 Å². The summed E-state index contributed by atoms with van der Waals surface area (Å²) in [5, 5.41) is 12.9. The molecule has 0 saturated heterocycles. The quantitative estimate of drug-likeness (QED) is 0.459. The molecule has 0 saturated carbocycles. The predicted octanol–water partition coefficient (Wildman–Crippen LogP) is 3.58. The van der Waals surface area contributed by atoms with E-state index in [0.29, 0.717) is 22.2 Å². The van der Waals surface area contributed by atoms with Crippen LogP contribution in [0.1, 0.15) is 18.9 Å². The van der Waals surface area contributed by atoms with Gasteiger partial charge in [-0.3, -0.25) is 0 Å². The Kier molecular flexibility index (Phi) is 3.58. The molecule has 0 aliphatic carbocycles. The van der Waals surface area contributed by atoms with Gasteiger partial charge in [0.25, 0.3) is 0 Å². The molecular weight excluding hydrogens is 209 g/mol. The first-order valence-electron chi connectivity index (χ1n) is 3.85. The first kappa shape index (κ1) is 10.4. The van der Waals surface area contributed by atoms with Gasteiger partial charge >= 0.3 is 0 Å². The second-order valence-electron chi connectivity index (χ2n) is 2.52. The minimum atomic E-state index is 0.502. The topological polar surface area (TPSA) is 32.6 Å². The third-order valence-corrected chi connectivity index (χ3v) is 2.25. The summed E-state index contributed by atoms with van der Waals surface area (Å²) in [7, 11) is 0. The normalized spacial score (nSPS) is 11.8. The van der Waals surface area contributed by atoms with E-state index in [9.17, 15) is 0 Å². The molecule has 0 amide bonds. The van der Waals surface area contributed by atoms with Crippen molar-refractivity contribution in [3.63, 3.8) is 0 Å². The second-order valence-corrected chi connectivity index (χ2v) is 3.37. The summed E-state index contributed by atoms with van der Waals surface area (Å²) in [5.74, 6) is 0. The van der Waals surface area contributed by atoms with Gasteiger partial charge in [0.2, 0.25) is 0 Å². The third-order valence-electron chi connectivity index (χ3n) is 1.70. The highest BCUT2D eigenvalue weighted by atomic mass is 35.5. The predicted molar refractivity (Wildman–Crippen MR) is 55.1 cm³/mol. The van der Waals surface area contributed by atoms with Crippen LogP contribution < -0.4 is 0 Å². The van der Waals surface area contributed by atoms with Crippen LogP contribution in [0.25, 0.3) is 0 Å². The third kappa shape index (κ3) is 2.36. The van der Waals surface area contributed by atoms with E-state index in [1.807, 2.05) is 6.92 Å². The Morgan fingerprint density at radius 2 is 2.15 bits per heavy atom. The van der Waals surface area contributed by atoms with Crippen molar-refractivity contribution in [1.29, 1.82) is 0 Å². The van der Waals surface area contributed by atoms with Crippen LogP contribution in [0.5, 0.6) is 0 Å². The Hall–Kier alpha value is -0.730. The lowest BCUT2D eigenvalue weighted by atomic mass is 10.1. The van der Waals surface area contributed by atoms with Gasteiger partial charge in [0.05, 0.1) is 10.7 Å². The first-order chi connectivity index (χ1) is 6.19. The van der Waals surface area contributed by atoms with E-state index >= 15 is 0 Å². The second kappa shape index (κ2) is 4.49. The van der Waals surface area contributed by atoms with E-state index < -0.39 is 0 Å². The lowest BCUT2D eigenvalue weighted by molar-refractivity contribution is 0.318. The smallest absolute Gasteiger partial charge is 0.0880 e. The Bertz CT molecular complexity index is 336. The van der Waals surface area contributed by atoms with Crippen molar-refractivity contribution in [2.24, 2.45) is 5.16 Å². The maximum absolute atomic E-state index is 8.67. The van der Waals surface area contributed by atoms with E-state index in [1.165, 1.54) is 0 Å². The van der Waals surface area contributed by atoms with Crippen LogP contribution >= 0.6 is 23.2 Å². The SMILES string of the molecule is CC/C(=N\O)c1ccc(Cl)cc1Cl. The van der Waals surface area contributed by atoms with Gasteiger partial charge in [0, 0.05) is 10.6 Å². The lowest BCUT2D eigenvalue weighted by Crippen LogP contribution is -1.99. The highest BCUT2D eigenvalue weighted by molar-refractivity contribution is 6.37. The van der Waals surface area contributed by atoms with Gasteiger partial charge in [0.15, 0.2) is 0 Å². The molecule has 0 heterocycles. The Morgan fingerprint density at radius 3 is 2.62 bits per heavy atom. The van der Waals surface area contributed by atoms with Crippen LogP contribution in [0.2, 0.25) is 10.0 Å². The molecule has 0 radical (unpaired) electrons. The molecule has 0 aliphatic rings. The molecule has 0 bridgehead atoms. The number of benzene rings is 1. The molecule has 1 rings (SSSR count). The number of oxime groups is 1. The van der Waals surface area contributed by atoms with Gasteiger partial charge in [-0.2, -0.15) is 0 Å². The van der Waals surface area contributed by atoms with Crippen LogP contribution in [0.15, 0.2) is 23.4 Å². The lowest BCUT2D eigenvalue weighted by Gasteiger charge is -2.03. The fourth-order valence-corrected chi connectivity index (χ4v) is 1.56. The zero-order chi connectivity index (χ0) is 9.84. The number of rotatable bonds is 2. The summed E-state index contributed by atoms with van der Waals surface area (Å²) >= 11 is 11.6. The van der Waals surface area contributed by atoms with Crippen molar-refractivity contribution in [3.05, 3.63) is 33.8 Å². The summed E-state index contributed by atoms with van der Waals surface area (Å²) in [6.45, 7) is 1.89. The van der Waals surface area contributed by atoms with Gasteiger partial charge in [0.1, 0.15) is 0 Å². The molecule has 1 aromatic carbocycles. The summed E-state index contributed by atoms with van der Waals surface area (Å²) < 4.78 is 0. The van der Waals surface area contributed by atoms with E-state index in [2.05, 4.69) is 5.16 Å². The largest absolute Gasteiger partial charge is 0.411 e. The number of nitrogens with zero attached hydrogens (tertiary/aromatic N) is 1. The zero-order valence-corrected chi connectivity index (χ0v) is 8.60. The summed E-state index contributed by atoms with van der Waals surface area (Å²) in [6, 6.07) is 5.08. The molecule has 0 atom stereocenters. The monoisotopic (exact) mass is 217 g/mol. The summed E-state index contributed by atoms with van der Waals surface area (Å²) in [6.07, 6.45) is 0.623.